The lowest BCUT2D eigenvalue weighted by atomic mass is 9.94. The number of aromatic nitrogens is 4. The first-order valence-electron chi connectivity index (χ1n) is 10.9. The number of rotatable bonds is 6. The van der Waals surface area contributed by atoms with Crippen molar-refractivity contribution in [3.05, 3.63) is 86.3 Å². The molecule has 4 aromatic rings. The Kier molecular flexibility index (Phi) is 6.83. The molecule has 1 aliphatic heterocycles. The van der Waals surface area contributed by atoms with Gasteiger partial charge in [-0.3, -0.25) is 9.88 Å². The number of pyridine rings is 1. The molecule has 0 spiro atoms. The van der Waals surface area contributed by atoms with Crippen molar-refractivity contribution >= 4 is 50.6 Å². The molecule has 1 N–H and O–H groups in total. The van der Waals surface area contributed by atoms with Crippen LogP contribution < -0.4 is 5.32 Å². The minimum atomic E-state index is 0.322. The quantitative estimate of drug-likeness (QED) is 0.313. The maximum atomic E-state index is 6.42. The largest absolute Gasteiger partial charge is 0.366 e. The fraction of sp³-hybridized carbons (Fsp3) is 0.292. The summed E-state index contributed by atoms with van der Waals surface area (Å²) in [7, 11) is 0. The van der Waals surface area contributed by atoms with Crippen LogP contribution in [0.25, 0.3) is 5.65 Å². The van der Waals surface area contributed by atoms with E-state index in [1.807, 2.05) is 35.0 Å². The molecule has 0 radical (unpaired) electrons. The van der Waals surface area contributed by atoms with Gasteiger partial charge in [-0.05, 0) is 70.7 Å². The van der Waals surface area contributed by atoms with E-state index in [0.717, 1.165) is 70.3 Å². The number of nitrogens with one attached hydrogen (secondary N) is 1. The highest BCUT2D eigenvalue weighted by Gasteiger charge is 2.25. The van der Waals surface area contributed by atoms with E-state index in [0.29, 0.717) is 17.5 Å². The summed E-state index contributed by atoms with van der Waals surface area (Å²) in [5, 5.41) is 9.48. The van der Waals surface area contributed by atoms with E-state index in [-0.39, 0.29) is 0 Å². The summed E-state index contributed by atoms with van der Waals surface area (Å²) in [5.74, 6) is 1.24. The zero-order chi connectivity index (χ0) is 22.8. The summed E-state index contributed by atoms with van der Waals surface area (Å²) >= 11 is 16.2. The molecule has 1 fully saturated rings. The van der Waals surface area contributed by atoms with E-state index < -0.39 is 0 Å². The van der Waals surface area contributed by atoms with E-state index in [2.05, 4.69) is 48.4 Å². The molecular formula is C24H23BrCl2N6. The van der Waals surface area contributed by atoms with Crippen LogP contribution in [0.3, 0.4) is 0 Å². The minimum Gasteiger partial charge on any atom is -0.366 e. The highest BCUT2D eigenvalue weighted by Crippen LogP contribution is 2.31. The Morgan fingerprint density at radius 3 is 2.91 bits per heavy atom. The average Bonchev–Trinajstić information content (AvgIpc) is 3.21. The molecule has 1 unspecified atom stereocenters. The van der Waals surface area contributed by atoms with Crippen LogP contribution in [0.15, 0.2) is 59.5 Å². The third kappa shape index (κ3) is 5.17. The van der Waals surface area contributed by atoms with Gasteiger partial charge in [-0.2, -0.15) is 9.61 Å². The fourth-order valence-electron chi connectivity index (χ4n) is 4.33. The average molecular weight is 546 g/mol. The molecule has 33 heavy (non-hydrogen) atoms. The Morgan fingerprint density at radius 1 is 1.15 bits per heavy atom. The van der Waals surface area contributed by atoms with E-state index in [1.54, 1.807) is 12.4 Å². The van der Waals surface area contributed by atoms with Crippen LogP contribution in [-0.2, 0) is 13.1 Å². The topological polar surface area (TPSA) is 58.4 Å². The van der Waals surface area contributed by atoms with E-state index in [1.165, 1.54) is 0 Å². The number of benzene rings is 1. The van der Waals surface area contributed by atoms with Gasteiger partial charge in [0.05, 0.1) is 16.4 Å². The van der Waals surface area contributed by atoms with Crippen LogP contribution >= 0.6 is 39.1 Å². The molecule has 6 nitrogen and oxygen atoms in total. The zero-order valence-electron chi connectivity index (χ0n) is 17.9. The number of nitrogens with zero attached hydrogens (tertiary/aromatic N) is 5. The third-order valence-corrected chi connectivity index (χ3v) is 7.13. The summed E-state index contributed by atoms with van der Waals surface area (Å²) in [6.07, 6.45) is 7.63. The molecule has 1 aliphatic rings. The predicted molar refractivity (Wildman–Crippen MR) is 136 cm³/mol. The maximum absolute atomic E-state index is 6.42. The van der Waals surface area contributed by atoms with Gasteiger partial charge < -0.3 is 5.32 Å². The van der Waals surface area contributed by atoms with Gasteiger partial charge in [-0.15, -0.1) is 0 Å². The number of fused-ring (bicyclic) bond motifs is 1. The molecule has 1 aromatic carbocycles. The molecule has 5 rings (SSSR count). The van der Waals surface area contributed by atoms with Crippen LogP contribution in [0.1, 0.15) is 35.6 Å². The van der Waals surface area contributed by atoms with Crippen molar-refractivity contribution in [3.63, 3.8) is 0 Å². The first-order chi connectivity index (χ1) is 16.1. The minimum absolute atomic E-state index is 0.322. The van der Waals surface area contributed by atoms with Crippen molar-refractivity contribution in [2.24, 2.45) is 0 Å². The molecule has 0 amide bonds. The fourth-order valence-corrected chi connectivity index (χ4v) is 5.05. The van der Waals surface area contributed by atoms with Gasteiger partial charge in [0.15, 0.2) is 5.65 Å². The summed E-state index contributed by atoms with van der Waals surface area (Å²) in [6, 6.07) is 11.8. The molecule has 0 saturated carbocycles. The van der Waals surface area contributed by atoms with Gasteiger partial charge in [-0.1, -0.05) is 29.3 Å². The first-order valence-corrected chi connectivity index (χ1v) is 12.4. The van der Waals surface area contributed by atoms with Crippen molar-refractivity contribution in [3.8, 4) is 0 Å². The number of hydrogen-bond acceptors (Lipinski definition) is 5. The van der Waals surface area contributed by atoms with E-state index in [9.17, 15) is 0 Å². The monoisotopic (exact) mass is 544 g/mol. The van der Waals surface area contributed by atoms with Crippen molar-refractivity contribution in [1.82, 2.24) is 24.5 Å². The molecule has 1 saturated heterocycles. The summed E-state index contributed by atoms with van der Waals surface area (Å²) < 4.78 is 2.73. The Bertz CT molecular complexity index is 1260. The molecule has 0 aliphatic carbocycles. The number of piperidine rings is 1. The molecule has 170 valence electrons. The smallest absolute Gasteiger partial charge is 0.171 e. The Morgan fingerprint density at radius 2 is 2.06 bits per heavy atom. The standard InChI is InChI=1S/C24H23BrCl2N6/c25-20-13-30-33-23(29-12-16-3-1-7-28-11-16)10-22(31-24(20)33)17-4-2-8-32(14-17)15-18-9-19(26)5-6-21(18)27/h1,3,5-7,9-11,13,17,29H,2,4,8,12,14-15H2. The van der Waals surface area contributed by atoms with Gasteiger partial charge in [0.25, 0.3) is 0 Å². The van der Waals surface area contributed by atoms with E-state index >= 15 is 0 Å². The first kappa shape index (κ1) is 22.6. The second kappa shape index (κ2) is 9.97. The number of likely N-dealkylation sites (tertiary alicyclic amines) is 1. The molecule has 3 aromatic heterocycles. The summed E-state index contributed by atoms with van der Waals surface area (Å²) in [4.78, 5) is 11.6. The van der Waals surface area contributed by atoms with Gasteiger partial charge in [0.2, 0.25) is 0 Å². The SMILES string of the molecule is Clc1ccc(Cl)c(CN2CCCC(c3cc(NCc4cccnc4)n4ncc(Br)c4n3)C2)c1. The third-order valence-electron chi connectivity index (χ3n) is 5.97. The molecular weight excluding hydrogens is 523 g/mol. The van der Waals surface area contributed by atoms with E-state index in [4.69, 9.17) is 28.2 Å². The van der Waals surface area contributed by atoms with Crippen molar-refractivity contribution in [2.75, 3.05) is 18.4 Å². The maximum Gasteiger partial charge on any atom is 0.171 e. The Balaban J connectivity index is 1.39. The van der Waals surface area contributed by atoms with Crippen molar-refractivity contribution in [2.45, 2.75) is 31.8 Å². The van der Waals surface area contributed by atoms with Gasteiger partial charge in [0, 0.05) is 54.1 Å². The second-order valence-electron chi connectivity index (χ2n) is 8.32. The van der Waals surface area contributed by atoms with Gasteiger partial charge in [-0.25, -0.2) is 4.98 Å². The van der Waals surface area contributed by atoms with Crippen LogP contribution in [0.4, 0.5) is 5.82 Å². The highest BCUT2D eigenvalue weighted by atomic mass is 79.9. The zero-order valence-corrected chi connectivity index (χ0v) is 21.0. The number of anilines is 1. The van der Waals surface area contributed by atoms with Crippen LogP contribution in [0, 0.1) is 0 Å². The lowest BCUT2D eigenvalue weighted by Crippen LogP contribution is -2.34. The molecule has 0 bridgehead atoms. The van der Waals surface area contributed by atoms with Gasteiger partial charge in [0.1, 0.15) is 5.82 Å². The molecule has 1 atom stereocenters. The van der Waals surface area contributed by atoms with Crippen LogP contribution in [0.2, 0.25) is 10.0 Å². The Hall–Kier alpha value is -2.19. The molecule has 9 heteroatoms. The highest BCUT2D eigenvalue weighted by molar-refractivity contribution is 9.10. The second-order valence-corrected chi connectivity index (χ2v) is 10.0. The summed E-state index contributed by atoms with van der Waals surface area (Å²) in [6.45, 7) is 3.39. The normalized spacial score (nSPS) is 16.9. The van der Waals surface area contributed by atoms with Crippen LogP contribution in [-0.4, -0.2) is 37.6 Å². The molecule has 4 heterocycles. The van der Waals surface area contributed by atoms with Crippen molar-refractivity contribution < 1.29 is 0 Å². The number of halogens is 3. The lowest BCUT2D eigenvalue weighted by Gasteiger charge is -2.33. The van der Waals surface area contributed by atoms with Crippen LogP contribution in [0.5, 0.6) is 0 Å². The summed E-state index contributed by atoms with van der Waals surface area (Å²) in [5.41, 5.74) is 4.05. The lowest BCUT2D eigenvalue weighted by molar-refractivity contribution is 0.198. The van der Waals surface area contributed by atoms with Crippen molar-refractivity contribution in [1.29, 1.82) is 0 Å². The number of hydrogen-bond donors (Lipinski definition) is 1. The predicted octanol–water partition coefficient (Wildman–Crippen LogP) is 6.19. The Labute approximate surface area is 211 Å². The van der Waals surface area contributed by atoms with Gasteiger partial charge >= 0.3 is 0 Å².